The van der Waals surface area contributed by atoms with Gasteiger partial charge in [0.25, 0.3) is 5.91 Å². The second-order valence-electron chi connectivity index (χ2n) is 9.54. The zero-order valence-electron chi connectivity index (χ0n) is 18.5. The Hall–Kier alpha value is -2.44. The third kappa shape index (κ3) is 4.65. The summed E-state index contributed by atoms with van der Waals surface area (Å²) in [5.41, 5.74) is 3.31. The largest absolute Gasteiger partial charge is 0.394 e. The van der Waals surface area contributed by atoms with Crippen LogP contribution in [0.4, 0.5) is 0 Å². The van der Waals surface area contributed by atoms with Crippen LogP contribution in [0.25, 0.3) is 16.5 Å². The summed E-state index contributed by atoms with van der Waals surface area (Å²) >= 11 is 0. The minimum Gasteiger partial charge on any atom is -0.394 e. The van der Waals surface area contributed by atoms with Crippen molar-refractivity contribution in [3.05, 3.63) is 48.3 Å². The van der Waals surface area contributed by atoms with Crippen molar-refractivity contribution in [3.8, 4) is 0 Å². The molecule has 0 saturated heterocycles. The van der Waals surface area contributed by atoms with Crippen LogP contribution in [0.1, 0.15) is 53.2 Å². The lowest BCUT2D eigenvalue weighted by atomic mass is 9.86. The molecule has 0 saturated carbocycles. The fourth-order valence-corrected chi connectivity index (χ4v) is 3.64. The molecule has 30 heavy (non-hydrogen) atoms. The van der Waals surface area contributed by atoms with Gasteiger partial charge in [-0.05, 0) is 41.7 Å². The van der Waals surface area contributed by atoms with Crippen LogP contribution in [0.3, 0.4) is 0 Å². The lowest BCUT2D eigenvalue weighted by Crippen LogP contribution is -2.54. The number of hydrogen-bond acceptors (Lipinski definition) is 5. The van der Waals surface area contributed by atoms with Gasteiger partial charge in [0.15, 0.2) is 5.60 Å². The molecule has 1 aliphatic rings. The van der Waals surface area contributed by atoms with Crippen LogP contribution in [0.5, 0.6) is 0 Å². The van der Waals surface area contributed by atoms with Crippen LogP contribution in [0, 0.1) is 11.3 Å². The van der Waals surface area contributed by atoms with Gasteiger partial charge in [0.1, 0.15) is 0 Å². The van der Waals surface area contributed by atoms with E-state index in [9.17, 15) is 9.90 Å². The van der Waals surface area contributed by atoms with Crippen molar-refractivity contribution in [2.75, 3.05) is 6.61 Å². The van der Waals surface area contributed by atoms with E-state index in [0.29, 0.717) is 12.1 Å². The topological polar surface area (TPSA) is 83.5 Å². The lowest BCUT2D eigenvalue weighted by Gasteiger charge is -2.31. The van der Waals surface area contributed by atoms with Gasteiger partial charge in [-0.15, -0.1) is 0 Å². The summed E-state index contributed by atoms with van der Waals surface area (Å²) in [5.74, 6) is -0.382. The molecule has 2 atom stereocenters. The molecule has 1 aliphatic heterocycles. The molecular formula is C24H33N3O3. The third-order valence-corrected chi connectivity index (χ3v) is 5.63. The average molecular weight is 412 g/mol. The number of nitrogens with zero attached hydrogens (tertiary/aromatic N) is 1. The van der Waals surface area contributed by atoms with Crippen LogP contribution in [0.15, 0.2) is 42.6 Å². The van der Waals surface area contributed by atoms with E-state index in [1.807, 2.05) is 50.3 Å². The predicted molar refractivity (Wildman–Crippen MR) is 119 cm³/mol. The summed E-state index contributed by atoms with van der Waals surface area (Å²) in [6.45, 7) is 10.2. The van der Waals surface area contributed by atoms with E-state index in [4.69, 9.17) is 4.84 Å². The van der Waals surface area contributed by atoms with Crippen molar-refractivity contribution in [1.82, 2.24) is 15.8 Å². The molecule has 0 fully saturated rings. The third-order valence-electron chi connectivity index (χ3n) is 5.63. The molecule has 6 nitrogen and oxygen atoms in total. The van der Waals surface area contributed by atoms with Gasteiger partial charge in [-0.25, -0.2) is 0 Å². The van der Waals surface area contributed by atoms with Crippen molar-refractivity contribution in [2.45, 2.75) is 59.1 Å². The number of fused-ring (bicyclic) bond motifs is 1. The molecule has 1 aromatic carbocycles. The van der Waals surface area contributed by atoms with Gasteiger partial charge in [-0.3, -0.25) is 20.1 Å². The Bertz CT molecular complexity index is 927. The molecule has 3 N–H and O–H groups in total. The van der Waals surface area contributed by atoms with E-state index in [0.717, 1.165) is 22.9 Å². The maximum Gasteiger partial charge on any atom is 0.259 e. The fourth-order valence-electron chi connectivity index (χ4n) is 3.64. The van der Waals surface area contributed by atoms with E-state index in [1.54, 1.807) is 6.20 Å². The first-order valence-corrected chi connectivity index (χ1v) is 10.6. The van der Waals surface area contributed by atoms with Crippen molar-refractivity contribution in [1.29, 1.82) is 0 Å². The highest BCUT2D eigenvalue weighted by Gasteiger charge is 2.46. The number of rotatable bonds is 7. The zero-order chi connectivity index (χ0) is 21.9. The molecule has 1 amide bonds. The molecule has 0 unspecified atom stereocenters. The number of hydroxylamine groups is 1. The molecule has 6 heteroatoms. The Morgan fingerprint density at radius 3 is 2.67 bits per heavy atom. The number of benzene rings is 1. The highest BCUT2D eigenvalue weighted by atomic mass is 16.7. The Balaban J connectivity index is 1.87. The number of amides is 1. The van der Waals surface area contributed by atoms with Crippen molar-refractivity contribution in [3.63, 3.8) is 0 Å². The van der Waals surface area contributed by atoms with Crippen molar-refractivity contribution >= 4 is 22.4 Å². The maximum atomic E-state index is 13.3. The van der Waals surface area contributed by atoms with Gasteiger partial charge in [0, 0.05) is 11.6 Å². The minimum absolute atomic E-state index is 0.106. The van der Waals surface area contributed by atoms with Gasteiger partial charge in [0.05, 0.1) is 24.0 Å². The molecule has 0 aliphatic carbocycles. The number of aliphatic hydroxyl groups is 1. The number of carbonyl (C=O) groups excluding carboxylic acids is 1. The summed E-state index contributed by atoms with van der Waals surface area (Å²) in [5, 5.41) is 14.8. The van der Waals surface area contributed by atoms with E-state index >= 15 is 0 Å². The zero-order valence-corrected chi connectivity index (χ0v) is 18.5. The minimum atomic E-state index is -1.18. The summed E-state index contributed by atoms with van der Waals surface area (Å²) < 4.78 is 0. The molecule has 162 valence electrons. The number of aromatic nitrogens is 1. The molecule has 0 bridgehead atoms. The molecule has 0 radical (unpaired) electrons. The SMILES string of the molecule is CC(C)[C@@]1(C(=O)N[C@H](CO)CCC(C)(C)C)C=C(c2nccc3ccccc23)NO1. The van der Waals surface area contributed by atoms with Crippen LogP contribution in [-0.4, -0.2) is 34.2 Å². The fraction of sp³-hybridized carbons (Fsp3) is 0.500. The lowest BCUT2D eigenvalue weighted by molar-refractivity contribution is -0.150. The first-order valence-electron chi connectivity index (χ1n) is 10.6. The quantitative estimate of drug-likeness (QED) is 0.645. The Morgan fingerprint density at radius 1 is 1.27 bits per heavy atom. The average Bonchev–Trinajstić information content (AvgIpc) is 3.16. The number of hydrogen-bond donors (Lipinski definition) is 3. The van der Waals surface area contributed by atoms with Gasteiger partial charge in [0.2, 0.25) is 0 Å². The van der Waals surface area contributed by atoms with E-state index in [-0.39, 0.29) is 29.9 Å². The predicted octanol–water partition coefficient (Wildman–Crippen LogP) is 3.81. The van der Waals surface area contributed by atoms with E-state index in [2.05, 4.69) is 36.6 Å². The number of aliphatic hydroxyl groups excluding tert-OH is 1. The van der Waals surface area contributed by atoms with Gasteiger partial charge in [-0.2, -0.15) is 0 Å². The number of pyridine rings is 1. The maximum absolute atomic E-state index is 13.3. The Kier molecular flexibility index (Phi) is 6.48. The van der Waals surface area contributed by atoms with Crippen LogP contribution >= 0.6 is 0 Å². The molecule has 3 rings (SSSR count). The van der Waals surface area contributed by atoms with Gasteiger partial charge >= 0.3 is 0 Å². The highest BCUT2D eigenvalue weighted by Crippen LogP contribution is 2.34. The monoisotopic (exact) mass is 411 g/mol. The number of carbonyl (C=O) groups is 1. The molecule has 2 heterocycles. The molecule has 0 spiro atoms. The normalized spacial score (nSPS) is 20.2. The highest BCUT2D eigenvalue weighted by molar-refractivity contribution is 5.95. The second kappa shape index (κ2) is 8.74. The first kappa shape index (κ1) is 22.2. The summed E-state index contributed by atoms with van der Waals surface area (Å²) in [4.78, 5) is 23.7. The van der Waals surface area contributed by atoms with Gasteiger partial charge < -0.3 is 10.4 Å². The van der Waals surface area contributed by atoms with Crippen molar-refractivity contribution < 1.29 is 14.7 Å². The van der Waals surface area contributed by atoms with Crippen molar-refractivity contribution in [2.24, 2.45) is 11.3 Å². The smallest absolute Gasteiger partial charge is 0.259 e. The van der Waals surface area contributed by atoms with E-state index < -0.39 is 5.60 Å². The van der Waals surface area contributed by atoms with E-state index in [1.165, 1.54) is 0 Å². The first-order chi connectivity index (χ1) is 14.2. The van der Waals surface area contributed by atoms with Crippen LogP contribution in [-0.2, 0) is 9.63 Å². The molecule has 2 aromatic rings. The Labute approximate surface area is 178 Å². The summed E-state index contributed by atoms with van der Waals surface area (Å²) in [7, 11) is 0. The summed E-state index contributed by atoms with van der Waals surface area (Å²) in [6, 6.07) is 9.62. The Morgan fingerprint density at radius 2 is 2.00 bits per heavy atom. The standard InChI is InChI=1S/C24H33N3O3/c1-16(2)24(22(29)26-18(15-28)10-12-23(3,4)5)14-20(27-30-24)21-19-9-7-6-8-17(19)11-13-25-21/h6-9,11,13-14,16,18,27-28H,10,12,15H2,1-5H3,(H,26,29)/t18-,24+/m0/s1. The van der Waals surface area contributed by atoms with Crippen LogP contribution in [0.2, 0.25) is 0 Å². The summed E-state index contributed by atoms with van der Waals surface area (Å²) in [6.07, 6.45) is 5.17. The van der Waals surface area contributed by atoms with Gasteiger partial charge in [-0.1, -0.05) is 58.9 Å². The van der Waals surface area contributed by atoms with Crippen LogP contribution < -0.4 is 10.8 Å². The molecule has 1 aromatic heterocycles. The number of nitrogens with one attached hydrogen (secondary N) is 2. The molecular weight excluding hydrogens is 378 g/mol. The second-order valence-corrected chi connectivity index (χ2v) is 9.54.